The molecule has 1 aliphatic carbocycles. The van der Waals surface area contributed by atoms with Gasteiger partial charge in [0, 0.05) is 18.0 Å². The van der Waals surface area contributed by atoms with Crippen molar-refractivity contribution in [2.75, 3.05) is 19.6 Å². The molecule has 2 rings (SSSR count). The maximum absolute atomic E-state index is 12.0. The number of carbonyl (C=O) groups excluding carboxylic acids is 1. The first-order valence-corrected chi connectivity index (χ1v) is 8.14. The minimum Gasteiger partial charge on any atom is -0.480 e. The molecule has 0 atom stereocenters. The van der Waals surface area contributed by atoms with E-state index < -0.39 is 5.97 Å². The van der Waals surface area contributed by atoms with E-state index in [2.05, 4.69) is 21.2 Å². The molecule has 0 bridgehead atoms. The lowest BCUT2D eigenvalue weighted by Crippen LogP contribution is -2.44. The summed E-state index contributed by atoms with van der Waals surface area (Å²) < 4.78 is 1.07. The number of amides is 2. The fourth-order valence-corrected chi connectivity index (χ4v) is 3.37. The standard InChI is InChI=1S/C13H17BrN2O3S/c14-11-4-3-10(20-11)5-6-15-13(19)16(8-12(17)18)7-9-1-2-9/h3-4,9H,1-2,5-8H2,(H,15,19)(H,17,18). The van der Waals surface area contributed by atoms with Crippen molar-refractivity contribution in [3.63, 3.8) is 0 Å². The number of aliphatic carboxylic acids is 1. The van der Waals surface area contributed by atoms with Crippen LogP contribution in [0.1, 0.15) is 17.7 Å². The molecule has 0 aliphatic heterocycles. The van der Waals surface area contributed by atoms with Crippen LogP contribution in [0.2, 0.25) is 0 Å². The largest absolute Gasteiger partial charge is 0.480 e. The van der Waals surface area contributed by atoms with Crippen LogP contribution in [-0.4, -0.2) is 41.6 Å². The zero-order chi connectivity index (χ0) is 14.5. The predicted octanol–water partition coefficient (Wildman–Crippen LogP) is 2.56. The molecule has 1 saturated carbocycles. The Bertz CT molecular complexity index is 488. The highest BCUT2D eigenvalue weighted by atomic mass is 79.9. The minimum atomic E-state index is -0.969. The van der Waals surface area contributed by atoms with E-state index in [1.807, 2.05) is 12.1 Å². The van der Waals surface area contributed by atoms with Crippen molar-refractivity contribution >= 4 is 39.3 Å². The third-order valence-corrected chi connectivity index (χ3v) is 4.75. The molecule has 110 valence electrons. The average molecular weight is 361 g/mol. The quantitative estimate of drug-likeness (QED) is 0.784. The van der Waals surface area contributed by atoms with Gasteiger partial charge in [-0.25, -0.2) is 4.79 Å². The van der Waals surface area contributed by atoms with E-state index in [0.29, 0.717) is 19.0 Å². The number of carbonyl (C=O) groups is 2. The highest BCUT2D eigenvalue weighted by Crippen LogP contribution is 2.29. The zero-order valence-electron chi connectivity index (χ0n) is 11.0. The minimum absolute atomic E-state index is 0.229. The van der Waals surface area contributed by atoms with E-state index in [1.54, 1.807) is 11.3 Å². The number of carboxylic acids is 1. The topological polar surface area (TPSA) is 69.6 Å². The van der Waals surface area contributed by atoms with Gasteiger partial charge in [0.2, 0.25) is 0 Å². The molecule has 2 amide bonds. The maximum atomic E-state index is 12.0. The van der Waals surface area contributed by atoms with Crippen molar-refractivity contribution < 1.29 is 14.7 Å². The van der Waals surface area contributed by atoms with Crippen LogP contribution in [0.5, 0.6) is 0 Å². The molecule has 0 aromatic carbocycles. The lowest BCUT2D eigenvalue weighted by Gasteiger charge is -2.20. The van der Waals surface area contributed by atoms with Crippen LogP contribution < -0.4 is 5.32 Å². The first-order chi connectivity index (χ1) is 9.54. The SMILES string of the molecule is O=C(O)CN(CC1CC1)C(=O)NCCc1ccc(Br)s1. The Labute approximate surface area is 130 Å². The predicted molar refractivity (Wildman–Crippen MR) is 81.1 cm³/mol. The molecule has 1 aromatic rings. The van der Waals surface area contributed by atoms with Gasteiger partial charge in [-0.2, -0.15) is 0 Å². The molecule has 0 unspecified atom stereocenters. The van der Waals surface area contributed by atoms with Crippen LogP contribution in [0.3, 0.4) is 0 Å². The normalized spacial score (nSPS) is 14.1. The van der Waals surface area contributed by atoms with Gasteiger partial charge in [0.1, 0.15) is 6.54 Å². The fourth-order valence-electron chi connectivity index (χ4n) is 1.89. The van der Waals surface area contributed by atoms with Gasteiger partial charge in [-0.05, 0) is 53.2 Å². The Balaban J connectivity index is 1.76. The molecule has 0 radical (unpaired) electrons. The van der Waals surface area contributed by atoms with Gasteiger partial charge < -0.3 is 15.3 Å². The maximum Gasteiger partial charge on any atom is 0.323 e. The summed E-state index contributed by atoms with van der Waals surface area (Å²) in [7, 11) is 0. The second-order valence-electron chi connectivity index (χ2n) is 4.91. The van der Waals surface area contributed by atoms with Crippen molar-refractivity contribution in [3.8, 4) is 0 Å². The summed E-state index contributed by atoms with van der Waals surface area (Å²) >= 11 is 5.03. The zero-order valence-corrected chi connectivity index (χ0v) is 13.4. The van der Waals surface area contributed by atoms with E-state index >= 15 is 0 Å². The fraction of sp³-hybridized carbons (Fsp3) is 0.538. The Kier molecular flexibility index (Phi) is 5.42. The average Bonchev–Trinajstić information content (AvgIpc) is 3.09. The van der Waals surface area contributed by atoms with Crippen molar-refractivity contribution in [3.05, 3.63) is 20.8 Å². The van der Waals surface area contributed by atoms with Gasteiger partial charge >= 0.3 is 12.0 Å². The first-order valence-electron chi connectivity index (χ1n) is 6.53. The summed E-state index contributed by atoms with van der Waals surface area (Å²) in [5, 5.41) is 11.6. The van der Waals surface area contributed by atoms with E-state index in [0.717, 1.165) is 23.0 Å². The Morgan fingerprint density at radius 2 is 2.20 bits per heavy atom. The van der Waals surface area contributed by atoms with Crippen molar-refractivity contribution in [1.29, 1.82) is 0 Å². The molecular formula is C13H17BrN2O3S. The summed E-state index contributed by atoms with van der Waals surface area (Å²) in [5.74, 6) is -0.490. The monoisotopic (exact) mass is 360 g/mol. The summed E-state index contributed by atoms with van der Waals surface area (Å²) in [6.07, 6.45) is 2.94. The molecular weight excluding hydrogens is 344 g/mol. The molecule has 1 aromatic heterocycles. The van der Waals surface area contributed by atoms with Gasteiger partial charge in [0.15, 0.2) is 0 Å². The van der Waals surface area contributed by atoms with Crippen LogP contribution in [0.15, 0.2) is 15.9 Å². The summed E-state index contributed by atoms with van der Waals surface area (Å²) in [6, 6.07) is 3.71. The Morgan fingerprint density at radius 1 is 1.45 bits per heavy atom. The molecule has 1 heterocycles. The highest BCUT2D eigenvalue weighted by molar-refractivity contribution is 9.11. The van der Waals surface area contributed by atoms with E-state index in [1.165, 1.54) is 9.78 Å². The van der Waals surface area contributed by atoms with Crippen LogP contribution >= 0.6 is 27.3 Å². The summed E-state index contributed by atoms with van der Waals surface area (Å²) in [5.41, 5.74) is 0. The van der Waals surface area contributed by atoms with Crippen LogP contribution in [0.4, 0.5) is 4.79 Å². The van der Waals surface area contributed by atoms with Gasteiger partial charge in [-0.15, -0.1) is 11.3 Å². The van der Waals surface area contributed by atoms with E-state index in [4.69, 9.17) is 5.11 Å². The molecule has 5 nitrogen and oxygen atoms in total. The first kappa shape index (κ1) is 15.3. The molecule has 2 N–H and O–H groups in total. The number of urea groups is 1. The lowest BCUT2D eigenvalue weighted by atomic mass is 10.3. The van der Waals surface area contributed by atoms with Gasteiger partial charge in [-0.3, -0.25) is 4.79 Å². The molecule has 1 aliphatic rings. The van der Waals surface area contributed by atoms with Crippen molar-refractivity contribution in [1.82, 2.24) is 10.2 Å². The van der Waals surface area contributed by atoms with Gasteiger partial charge in [-0.1, -0.05) is 0 Å². The summed E-state index contributed by atoms with van der Waals surface area (Å²) in [6.45, 7) is 0.835. The van der Waals surface area contributed by atoms with Crippen LogP contribution in [0, 0.1) is 5.92 Å². The highest BCUT2D eigenvalue weighted by Gasteiger charge is 2.27. The number of hydrogen-bond acceptors (Lipinski definition) is 3. The van der Waals surface area contributed by atoms with Crippen LogP contribution in [0.25, 0.3) is 0 Å². The number of hydrogen-bond donors (Lipinski definition) is 2. The molecule has 1 fully saturated rings. The molecule has 7 heteroatoms. The van der Waals surface area contributed by atoms with Gasteiger partial charge in [0.25, 0.3) is 0 Å². The Morgan fingerprint density at radius 3 is 2.75 bits per heavy atom. The number of nitrogens with zero attached hydrogens (tertiary/aromatic N) is 1. The van der Waals surface area contributed by atoms with Crippen molar-refractivity contribution in [2.45, 2.75) is 19.3 Å². The van der Waals surface area contributed by atoms with E-state index in [9.17, 15) is 9.59 Å². The third kappa shape index (κ3) is 5.13. The third-order valence-electron chi connectivity index (χ3n) is 3.07. The number of thiophene rings is 1. The second-order valence-corrected chi connectivity index (χ2v) is 7.45. The molecule has 20 heavy (non-hydrogen) atoms. The van der Waals surface area contributed by atoms with E-state index in [-0.39, 0.29) is 12.6 Å². The summed E-state index contributed by atoms with van der Waals surface area (Å²) in [4.78, 5) is 25.3. The number of rotatable bonds is 7. The number of carboxylic acid groups (broad SMARTS) is 1. The lowest BCUT2D eigenvalue weighted by molar-refractivity contribution is -0.137. The van der Waals surface area contributed by atoms with Crippen LogP contribution in [-0.2, 0) is 11.2 Å². The van der Waals surface area contributed by atoms with Crippen molar-refractivity contribution in [2.24, 2.45) is 5.92 Å². The number of nitrogens with one attached hydrogen (secondary N) is 1. The smallest absolute Gasteiger partial charge is 0.323 e. The second kappa shape index (κ2) is 7.08. The molecule has 0 saturated heterocycles. The number of halogens is 1. The molecule has 0 spiro atoms. The van der Waals surface area contributed by atoms with Gasteiger partial charge in [0.05, 0.1) is 3.79 Å². The Hall–Kier alpha value is -1.08.